The average Bonchev–Trinajstić information content (AvgIpc) is 2.64. The average molecular weight is 416 g/mol. The minimum absolute atomic E-state index is 0.0236. The van der Waals surface area contributed by atoms with Gasteiger partial charge in [-0.2, -0.15) is 0 Å². The normalized spacial score (nSPS) is 12.1. The summed E-state index contributed by atoms with van der Waals surface area (Å²) in [5.41, 5.74) is -0.401. The van der Waals surface area contributed by atoms with Crippen LogP contribution in [0.25, 0.3) is 0 Å². The molecule has 1 unspecified atom stereocenters. The van der Waals surface area contributed by atoms with Gasteiger partial charge in [-0.1, -0.05) is 6.92 Å². The van der Waals surface area contributed by atoms with Crippen molar-refractivity contribution >= 4 is 33.3 Å². The molecule has 0 aliphatic heterocycles. The fourth-order valence-corrected chi connectivity index (χ4v) is 3.00. The molecule has 0 bridgehead atoms. The number of nitro groups is 1. The summed E-state index contributed by atoms with van der Waals surface area (Å²) in [5, 5.41) is 18.9. The van der Waals surface area contributed by atoms with E-state index >= 15 is 0 Å². The highest BCUT2D eigenvalue weighted by atomic mass is 32.2. The second-order valence-electron chi connectivity index (χ2n) is 6.01. The van der Waals surface area contributed by atoms with Crippen LogP contribution in [0.3, 0.4) is 0 Å². The number of nitro benzene ring substituents is 1. The van der Waals surface area contributed by atoms with Crippen LogP contribution in [0, 0.1) is 16.0 Å². The van der Waals surface area contributed by atoms with E-state index in [4.69, 9.17) is 5.14 Å². The molecule has 0 aromatic heterocycles. The van der Waals surface area contributed by atoms with Crippen LogP contribution >= 0.6 is 0 Å². The number of esters is 1. The van der Waals surface area contributed by atoms with Gasteiger partial charge in [-0.15, -0.1) is 0 Å². The van der Waals surface area contributed by atoms with Gasteiger partial charge in [-0.25, -0.2) is 13.6 Å². The number of carbonyl (C=O) groups is 2. The van der Waals surface area contributed by atoms with E-state index in [2.05, 4.69) is 10.1 Å². The van der Waals surface area contributed by atoms with Gasteiger partial charge in [0.25, 0.3) is 5.69 Å². The number of carbonyl (C=O) groups excluding carboxylic acids is 2. The van der Waals surface area contributed by atoms with E-state index in [1.807, 2.05) is 0 Å². The maximum atomic E-state index is 12.3. The summed E-state index contributed by atoms with van der Waals surface area (Å²) in [6.07, 6.45) is 0.0236. The minimum Gasteiger partial charge on any atom is -0.469 e. The molecule has 12 heteroatoms. The number of primary sulfonamides is 1. The van der Waals surface area contributed by atoms with E-state index in [9.17, 15) is 28.1 Å². The lowest BCUT2D eigenvalue weighted by atomic mass is 10.1. The van der Waals surface area contributed by atoms with Gasteiger partial charge >= 0.3 is 5.97 Å². The number of amides is 1. The van der Waals surface area contributed by atoms with Gasteiger partial charge in [0.15, 0.2) is 0 Å². The van der Waals surface area contributed by atoms with Crippen LogP contribution in [0.2, 0.25) is 0 Å². The predicted octanol–water partition coefficient (Wildman–Crippen LogP) is 0.702. The number of rotatable bonds is 10. The van der Waals surface area contributed by atoms with Crippen LogP contribution in [0.5, 0.6) is 0 Å². The Balaban J connectivity index is 2.77. The quantitative estimate of drug-likeness (QED) is 0.320. The molecule has 0 heterocycles. The molecule has 11 nitrogen and oxygen atoms in total. The number of anilines is 1. The first-order valence-corrected chi connectivity index (χ1v) is 9.96. The van der Waals surface area contributed by atoms with Crippen molar-refractivity contribution < 1.29 is 27.7 Å². The van der Waals surface area contributed by atoms with Gasteiger partial charge in [-0.05, 0) is 19.1 Å². The zero-order valence-corrected chi connectivity index (χ0v) is 16.7. The Bertz CT molecular complexity index is 841. The highest BCUT2D eigenvalue weighted by Gasteiger charge is 2.21. The number of sulfonamides is 1. The standard InChI is InChI=1S/C16H24N4O7S/c1-4-19(10-11(2)16(22)27-3)15(21)7-8-18-13-6-5-12(28(17,25)26)9-14(13)20(23)24/h5-6,9,11,18H,4,7-8,10H2,1-3H3,(H2,17,25,26). The molecule has 0 fully saturated rings. The smallest absolute Gasteiger partial charge is 0.310 e. The van der Waals surface area contributed by atoms with Crippen LogP contribution in [-0.4, -0.2) is 56.9 Å². The lowest BCUT2D eigenvalue weighted by Crippen LogP contribution is -2.37. The van der Waals surface area contributed by atoms with Crippen LogP contribution in [0.15, 0.2) is 23.1 Å². The van der Waals surface area contributed by atoms with Crippen molar-refractivity contribution in [3.05, 3.63) is 28.3 Å². The zero-order chi connectivity index (χ0) is 21.5. The topological polar surface area (TPSA) is 162 Å². The van der Waals surface area contributed by atoms with Crippen molar-refractivity contribution in [3.8, 4) is 0 Å². The van der Waals surface area contributed by atoms with Crippen molar-refractivity contribution in [1.29, 1.82) is 0 Å². The summed E-state index contributed by atoms with van der Waals surface area (Å²) in [7, 11) is -2.80. The molecule has 0 saturated carbocycles. The van der Waals surface area contributed by atoms with Crippen LogP contribution in [0.1, 0.15) is 20.3 Å². The fourth-order valence-electron chi connectivity index (χ4n) is 2.46. The van der Waals surface area contributed by atoms with E-state index in [1.165, 1.54) is 18.1 Å². The minimum atomic E-state index is -4.08. The summed E-state index contributed by atoms with van der Waals surface area (Å²) in [5.74, 6) is -1.14. The molecule has 28 heavy (non-hydrogen) atoms. The van der Waals surface area contributed by atoms with Crippen molar-refractivity contribution in [1.82, 2.24) is 4.90 Å². The molecule has 0 aliphatic carbocycles. The number of ether oxygens (including phenoxy) is 1. The first kappa shape index (κ1) is 23.3. The molecule has 1 rings (SSSR count). The van der Waals surface area contributed by atoms with Crippen molar-refractivity contribution in [2.24, 2.45) is 11.1 Å². The largest absolute Gasteiger partial charge is 0.469 e. The number of methoxy groups -OCH3 is 1. The maximum absolute atomic E-state index is 12.3. The SMILES string of the molecule is CCN(CC(C)C(=O)OC)C(=O)CCNc1ccc(S(N)(=O)=O)cc1[N+](=O)[O-]. The van der Waals surface area contributed by atoms with E-state index in [1.54, 1.807) is 13.8 Å². The van der Waals surface area contributed by atoms with Gasteiger partial charge in [-0.3, -0.25) is 19.7 Å². The van der Waals surface area contributed by atoms with Gasteiger partial charge in [0.05, 0.1) is 22.8 Å². The Morgan fingerprint density at radius 3 is 2.54 bits per heavy atom. The molecule has 0 spiro atoms. The van der Waals surface area contributed by atoms with E-state index in [-0.39, 0.29) is 36.0 Å². The Morgan fingerprint density at radius 1 is 1.39 bits per heavy atom. The number of nitrogens with zero attached hydrogens (tertiary/aromatic N) is 2. The molecular formula is C16H24N4O7S. The second-order valence-corrected chi connectivity index (χ2v) is 7.58. The molecule has 0 aliphatic rings. The van der Waals surface area contributed by atoms with Crippen molar-refractivity contribution in [2.45, 2.75) is 25.2 Å². The third kappa shape index (κ3) is 6.46. The zero-order valence-electron chi connectivity index (χ0n) is 15.9. The lowest BCUT2D eigenvalue weighted by molar-refractivity contribution is -0.384. The molecular weight excluding hydrogens is 392 g/mol. The summed E-state index contributed by atoms with van der Waals surface area (Å²) >= 11 is 0. The molecule has 1 atom stereocenters. The third-order valence-electron chi connectivity index (χ3n) is 3.98. The Labute approximate surface area is 163 Å². The number of nitrogens with two attached hydrogens (primary N) is 1. The predicted molar refractivity (Wildman–Crippen MR) is 101 cm³/mol. The van der Waals surface area contributed by atoms with Gasteiger partial charge in [0.2, 0.25) is 15.9 Å². The summed E-state index contributed by atoms with van der Waals surface area (Å²) in [4.78, 5) is 35.4. The van der Waals surface area contributed by atoms with Crippen molar-refractivity contribution in [2.75, 3.05) is 32.1 Å². The lowest BCUT2D eigenvalue weighted by Gasteiger charge is -2.23. The number of hydrogen-bond acceptors (Lipinski definition) is 8. The van der Waals surface area contributed by atoms with Crippen LogP contribution < -0.4 is 10.5 Å². The molecule has 1 aromatic carbocycles. The monoisotopic (exact) mass is 416 g/mol. The fraction of sp³-hybridized carbons (Fsp3) is 0.500. The summed E-state index contributed by atoms with van der Waals surface area (Å²) < 4.78 is 27.3. The van der Waals surface area contributed by atoms with E-state index in [0.29, 0.717) is 6.54 Å². The van der Waals surface area contributed by atoms with E-state index in [0.717, 1.165) is 12.1 Å². The Hall–Kier alpha value is -2.73. The second kappa shape index (κ2) is 9.99. The molecule has 0 radical (unpaired) electrons. The van der Waals surface area contributed by atoms with Crippen molar-refractivity contribution in [3.63, 3.8) is 0 Å². The Kier molecular flexibility index (Phi) is 8.32. The summed E-state index contributed by atoms with van der Waals surface area (Å²) in [6.45, 7) is 4.09. The van der Waals surface area contributed by atoms with Gasteiger partial charge < -0.3 is 15.0 Å². The number of hydrogen-bond donors (Lipinski definition) is 2. The highest BCUT2D eigenvalue weighted by molar-refractivity contribution is 7.89. The first-order chi connectivity index (χ1) is 13.0. The number of benzene rings is 1. The van der Waals surface area contributed by atoms with Crippen LogP contribution in [-0.2, 0) is 24.3 Å². The third-order valence-corrected chi connectivity index (χ3v) is 4.89. The first-order valence-electron chi connectivity index (χ1n) is 8.42. The van der Waals surface area contributed by atoms with Gasteiger partial charge in [0.1, 0.15) is 5.69 Å². The molecule has 1 amide bonds. The highest BCUT2D eigenvalue weighted by Crippen LogP contribution is 2.27. The van der Waals surface area contributed by atoms with Crippen LogP contribution in [0.4, 0.5) is 11.4 Å². The van der Waals surface area contributed by atoms with E-state index < -0.39 is 32.5 Å². The van der Waals surface area contributed by atoms with Gasteiger partial charge in [0, 0.05) is 32.1 Å². The maximum Gasteiger partial charge on any atom is 0.310 e. The molecule has 0 saturated heterocycles. The summed E-state index contributed by atoms with van der Waals surface area (Å²) in [6, 6.07) is 3.22. The molecule has 156 valence electrons. The number of nitrogens with one attached hydrogen (secondary N) is 1. The molecule has 3 N–H and O–H groups in total. The molecule has 1 aromatic rings. The Morgan fingerprint density at radius 2 is 2.04 bits per heavy atom.